The zero-order valence-electron chi connectivity index (χ0n) is 13.1. The van der Waals surface area contributed by atoms with Crippen molar-refractivity contribution in [3.63, 3.8) is 0 Å². The van der Waals surface area contributed by atoms with Gasteiger partial charge in [0.1, 0.15) is 0 Å². The number of halogens is 2. The number of hydrogen-bond acceptors (Lipinski definition) is 6. The Kier molecular flexibility index (Phi) is 9.14. The van der Waals surface area contributed by atoms with Crippen molar-refractivity contribution in [1.29, 1.82) is 0 Å². The average Bonchev–Trinajstić information content (AvgIpc) is 2.28. The molecule has 0 aliphatic heterocycles. The summed E-state index contributed by atoms with van der Waals surface area (Å²) in [5, 5.41) is 8.90. The van der Waals surface area contributed by atoms with Gasteiger partial charge in [-0.05, 0) is 18.3 Å². The van der Waals surface area contributed by atoms with E-state index in [1.807, 2.05) is 13.8 Å². The highest BCUT2D eigenvalue weighted by molar-refractivity contribution is 7.86. The maximum atomic E-state index is 12.6. The molecule has 0 aromatic rings. The Morgan fingerprint density at radius 2 is 1.48 bits per heavy atom. The van der Waals surface area contributed by atoms with Gasteiger partial charge in [0.15, 0.2) is 0 Å². The second-order valence-corrected chi connectivity index (χ2v) is 8.85. The SMILES string of the molecule is CC(C)C[C@@H](CC(=O)O)CN(CCS(=O)(=O)F)CCS(=O)(=O)F. The van der Waals surface area contributed by atoms with Crippen LogP contribution in [-0.4, -0.2) is 64.0 Å². The van der Waals surface area contributed by atoms with Crippen LogP contribution in [0.25, 0.3) is 0 Å². The Bertz CT molecular complexity index is 540. The van der Waals surface area contributed by atoms with E-state index in [1.165, 1.54) is 4.90 Å². The Balaban J connectivity index is 4.93. The predicted octanol–water partition coefficient (Wildman–Crippen LogP) is 1.02. The number of carboxylic acid groups (broad SMARTS) is 1. The van der Waals surface area contributed by atoms with Gasteiger partial charge in [-0.2, -0.15) is 16.8 Å². The molecular weight excluding hydrogens is 356 g/mol. The standard InChI is InChI=1S/C12H23F2NO6S2/c1-10(2)7-11(8-12(16)17)9-15(3-5-22(13,18)19)4-6-23(14,20)21/h10-11H,3-9H2,1-2H3,(H,16,17)/t11-/m0/s1. The van der Waals surface area contributed by atoms with E-state index in [-0.39, 0.29) is 37.9 Å². The minimum absolute atomic E-state index is 0.0511. The lowest BCUT2D eigenvalue weighted by Crippen LogP contribution is -2.37. The van der Waals surface area contributed by atoms with Crippen LogP contribution >= 0.6 is 0 Å². The Morgan fingerprint density at radius 3 is 1.78 bits per heavy atom. The third-order valence-corrected chi connectivity index (χ3v) is 4.43. The number of nitrogens with zero attached hydrogens (tertiary/aromatic N) is 1. The van der Waals surface area contributed by atoms with E-state index >= 15 is 0 Å². The first-order valence-electron chi connectivity index (χ1n) is 7.07. The molecule has 138 valence electrons. The number of hydrogen-bond donors (Lipinski definition) is 1. The fraction of sp³-hybridized carbons (Fsp3) is 0.917. The largest absolute Gasteiger partial charge is 0.481 e. The van der Waals surface area contributed by atoms with Crippen molar-refractivity contribution in [2.75, 3.05) is 31.1 Å². The molecule has 0 aliphatic rings. The van der Waals surface area contributed by atoms with Crippen LogP contribution < -0.4 is 0 Å². The second kappa shape index (κ2) is 9.48. The van der Waals surface area contributed by atoms with E-state index < -0.39 is 37.9 Å². The van der Waals surface area contributed by atoms with Gasteiger partial charge in [0.2, 0.25) is 0 Å². The van der Waals surface area contributed by atoms with E-state index in [9.17, 15) is 29.4 Å². The van der Waals surface area contributed by atoms with Crippen molar-refractivity contribution in [1.82, 2.24) is 4.90 Å². The third kappa shape index (κ3) is 14.5. The molecular formula is C12H23F2NO6S2. The lowest BCUT2D eigenvalue weighted by atomic mass is 9.93. The summed E-state index contributed by atoms with van der Waals surface area (Å²) in [7, 11) is -9.51. The van der Waals surface area contributed by atoms with Crippen molar-refractivity contribution in [2.45, 2.75) is 26.7 Å². The van der Waals surface area contributed by atoms with Gasteiger partial charge in [0.25, 0.3) is 0 Å². The molecule has 0 rings (SSSR count). The zero-order valence-corrected chi connectivity index (χ0v) is 14.7. The number of rotatable bonds is 12. The highest BCUT2D eigenvalue weighted by Crippen LogP contribution is 2.17. The van der Waals surface area contributed by atoms with Crippen LogP contribution in [-0.2, 0) is 25.2 Å². The Hall–Kier alpha value is -0.810. The summed E-state index contributed by atoms with van der Waals surface area (Å²) in [6, 6.07) is 0. The molecule has 11 heteroatoms. The highest BCUT2D eigenvalue weighted by Gasteiger charge is 2.22. The van der Waals surface area contributed by atoms with Crippen molar-refractivity contribution < 1.29 is 34.5 Å². The van der Waals surface area contributed by atoms with E-state index in [4.69, 9.17) is 5.11 Å². The molecule has 0 unspecified atom stereocenters. The summed E-state index contributed by atoms with van der Waals surface area (Å²) in [5.74, 6) is -2.98. The molecule has 23 heavy (non-hydrogen) atoms. The van der Waals surface area contributed by atoms with Gasteiger partial charge < -0.3 is 10.0 Å². The van der Waals surface area contributed by atoms with Gasteiger partial charge in [0, 0.05) is 26.1 Å². The minimum atomic E-state index is -4.76. The van der Waals surface area contributed by atoms with Crippen LogP contribution in [0.5, 0.6) is 0 Å². The Morgan fingerprint density at radius 1 is 1.04 bits per heavy atom. The minimum Gasteiger partial charge on any atom is -0.481 e. The molecule has 0 fully saturated rings. The first-order chi connectivity index (χ1) is 10.3. The van der Waals surface area contributed by atoms with Crippen LogP contribution in [0.4, 0.5) is 7.77 Å². The van der Waals surface area contributed by atoms with Gasteiger partial charge in [-0.25, -0.2) is 0 Å². The maximum Gasteiger partial charge on any atom is 0.303 e. The van der Waals surface area contributed by atoms with Crippen LogP contribution in [0.1, 0.15) is 26.7 Å². The Labute approximate surface area is 136 Å². The van der Waals surface area contributed by atoms with Crippen LogP contribution in [0.2, 0.25) is 0 Å². The molecule has 0 aromatic carbocycles. The lowest BCUT2D eigenvalue weighted by Gasteiger charge is -2.27. The summed E-state index contributed by atoms with van der Waals surface area (Å²) < 4.78 is 67.7. The molecule has 0 aliphatic carbocycles. The highest BCUT2D eigenvalue weighted by atomic mass is 32.3. The number of carbonyl (C=O) groups is 1. The molecule has 0 radical (unpaired) electrons. The molecule has 7 nitrogen and oxygen atoms in total. The first kappa shape index (κ1) is 22.2. The van der Waals surface area contributed by atoms with Crippen molar-refractivity contribution >= 4 is 26.4 Å². The second-order valence-electron chi connectivity index (χ2n) is 5.88. The van der Waals surface area contributed by atoms with Crippen molar-refractivity contribution in [3.05, 3.63) is 0 Å². The lowest BCUT2D eigenvalue weighted by molar-refractivity contribution is -0.138. The molecule has 0 saturated heterocycles. The molecule has 0 aromatic heterocycles. The number of carboxylic acids is 1. The van der Waals surface area contributed by atoms with E-state index in [2.05, 4.69) is 0 Å². The van der Waals surface area contributed by atoms with Crippen LogP contribution in [0.3, 0.4) is 0 Å². The van der Waals surface area contributed by atoms with E-state index in [0.717, 1.165) is 0 Å². The van der Waals surface area contributed by atoms with Gasteiger partial charge in [-0.3, -0.25) is 4.79 Å². The third-order valence-electron chi connectivity index (χ3n) is 3.09. The first-order valence-corrected chi connectivity index (χ1v) is 10.2. The van der Waals surface area contributed by atoms with Crippen LogP contribution in [0.15, 0.2) is 0 Å². The summed E-state index contributed by atoms with van der Waals surface area (Å²) in [6.45, 7) is 3.13. The molecule has 0 bridgehead atoms. The average molecular weight is 379 g/mol. The smallest absolute Gasteiger partial charge is 0.303 e. The van der Waals surface area contributed by atoms with Gasteiger partial charge >= 0.3 is 26.4 Å². The van der Waals surface area contributed by atoms with Gasteiger partial charge in [-0.1, -0.05) is 13.8 Å². The summed E-state index contributed by atoms with van der Waals surface area (Å²) in [6.07, 6.45) is 0.312. The summed E-state index contributed by atoms with van der Waals surface area (Å²) in [5.41, 5.74) is 0. The molecule has 0 saturated carbocycles. The molecule has 0 amide bonds. The zero-order chi connectivity index (χ0) is 18.3. The number of aliphatic carboxylic acids is 1. The maximum absolute atomic E-state index is 12.6. The molecule has 1 N–H and O–H groups in total. The van der Waals surface area contributed by atoms with Gasteiger partial charge in [0.05, 0.1) is 11.5 Å². The molecule has 0 heterocycles. The molecule has 0 spiro atoms. The molecule has 1 atom stereocenters. The quantitative estimate of drug-likeness (QED) is 0.504. The normalized spacial score (nSPS) is 14.3. The fourth-order valence-electron chi connectivity index (χ4n) is 2.27. The van der Waals surface area contributed by atoms with Crippen LogP contribution in [0, 0.1) is 11.8 Å². The summed E-state index contributed by atoms with van der Waals surface area (Å²) >= 11 is 0. The van der Waals surface area contributed by atoms with Gasteiger partial charge in [-0.15, -0.1) is 7.77 Å². The monoisotopic (exact) mass is 379 g/mol. The van der Waals surface area contributed by atoms with E-state index in [0.29, 0.717) is 6.42 Å². The predicted molar refractivity (Wildman–Crippen MR) is 81.4 cm³/mol. The van der Waals surface area contributed by atoms with Crippen molar-refractivity contribution in [3.8, 4) is 0 Å². The topological polar surface area (TPSA) is 109 Å². The fourth-order valence-corrected chi connectivity index (χ4v) is 3.22. The van der Waals surface area contributed by atoms with Crippen molar-refractivity contribution in [2.24, 2.45) is 11.8 Å². The van der Waals surface area contributed by atoms with E-state index in [1.54, 1.807) is 0 Å². The summed E-state index contributed by atoms with van der Waals surface area (Å²) in [4.78, 5) is 12.1.